The molecule has 1 rings (SSSR count). The second-order valence-corrected chi connectivity index (χ2v) is 5.39. The largest absolute Gasteiger partial charge is 0.380 e. The highest BCUT2D eigenvalue weighted by molar-refractivity contribution is 7.92. The Hall–Kier alpha value is -0.620. The summed E-state index contributed by atoms with van der Waals surface area (Å²) in [4.78, 5) is 10.5. The average Bonchev–Trinajstić information content (AvgIpc) is 2.04. The Kier molecular flexibility index (Phi) is 3.27. The Bertz CT molecular complexity index is 279. The van der Waals surface area contributed by atoms with Crippen molar-refractivity contribution in [2.24, 2.45) is 5.73 Å². The molecule has 1 amide bonds. The van der Waals surface area contributed by atoms with E-state index in [1.54, 1.807) is 0 Å². The number of nitrogens with two attached hydrogens (primary N) is 1. The van der Waals surface area contributed by atoms with Gasteiger partial charge in [-0.05, 0) is 12.8 Å². The van der Waals surface area contributed by atoms with Crippen molar-refractivity contribution in [1.82, 2.24) is 0 Å². The normalized spacial score (nSPS) is 24.2. The summed E-state index contributed by atoms with van der Waals surface area (Å²) in [5.74, 6) is -1.37. The lowest BCUT2D eigenvalue weighted by atomic mass is 10.2. The summed E-state index contributed by atoms with van der Waals surface area (Å²) in [6, 6.07) is 0. The predicted octanol–water partition coefficient (Wildman–Crippen LogP) is -0.935. The number of hydrogen-bond donors (Lipinski definition) is 1. The van der Waals surface area contributed by atoms with Crippen molar-refractivity contribution in [3.05, 3.63) is 0 Å². The third-order valence-corrected chi connectivity index (χ3v) is 4.04. The van der Waals surface area contributed by atoms with E-state index in [1.165, 1.54) is 0 Å². The van der Waals surface area contributed by atoms with Crippen LogP contribution in [-0.4, -0.2) is 38.5 Å². The molecule has 2 N–H and O–H groups in total. The number of sulfone groups is 1. The molecule has 0 spiro atoms. The van der Waals surface area contributed by atoms with Crippen LogP contribution in [0.5, 0.6) is 0 Å². The molecule has 1 unspecified atom stereocenters. The molecule has 1 aliphatic rings. The van der Waals surface area contributed by atoms with Crippen molar-refractivity contribution in [2.45, 2.75) is 18.1 Å². The van der Waals surface area contributed by atoms with Gasteiger partial charge in [0.05, 0.1) is 11.9 Å². The molecule has 1 aliphatic heterocycles. The van der Waals surface area contributed by atoms with Crippen LogP contribution in [-0.2, 0) is 19.4 Å². The molecule has 0 aromatic rings. The van der Waals surface area contributed by atoms with Crippen molar-refractivity contribution in [1.29, 1.82) is 0 Å². The average molecular weight is 207 g/mol. The van der Waals surface area contributed by atoms with E-state index in [9.17, 15) is 13.2 Å². The lowest BCUT2D eigenvalue weighted by Gasteiger charge is -2.21. The summed E-state index contributed by atoms with van der Waals surface area (Å²) < 4.78 is 27.8. The zero-order valence-electron chi connectivity index (χ0n) is 7.23. The maximum absolute atomic E-state index is 11.4. The Morgan fingerprint density at radius 1 is 1.54 bits per heavy atom. The van der Waals surface area contributed by atoms with Gasteiger partial charge in [0, 0.05) is 6.61 Å². The molecular weight excluding hydrogens is 194 g/mol. The van der Waals surface area contributed by atoms with Crippen LogP contribution in [0, 0.1) is 0 Å². The van der Waals surface area contributed by atoms with Crippen molar-refractivity contribution < 1.29 is 17.9 Å². The molecule has 0 saturated carbocycles. The minimum Gasteiger partial charge on any atom is -0.380 e. The maximum Gasteiger partial charge on any atom is 0.232 e. The van der Waals surface area contributed by atoms with E-state index in [0.29, 0.717) is 13.0 Å². The highest BCUT2D eigenvalue weighted by Crippen LogP contribution is 2.14. The smallest absolute Gasteiger partial charge is 0.232 e. The van der Waals surface area contributed by atoms with Crippen molar-refractivity contribution in [2.75, 3.05) is 19.0 Å². The first kappa shape index (κ1) is 10.5. The van der Waals surface area contributed by atoms with Crippen LogP contribution in [0.4, 0.5) is 0 Å². The number of rotatable bonds is 3. The molecule has 5 nitrogen and oxygen atoms in total. The number of ether oxygens (including phenoxy) is 1. The van der Waals surface area contributed by atoms with Gasteiger partial charge in [-0.3, -0.25) is 4.79 Å². The molecule has 0 bridgehead atoms. The fourth-order valence-electron chi connectivity index (χ4n) is 1.31. The van der Waals surface area contributed by atoms with E-state index in [2.05, 4.69) is 0 Å². The molecule has 76 valence electrons. The number of amides is 1. The Labute approximate surface area is 77.2 Å². The second-order valence-electron chi connectivity index (χ2n) is 3.11. The number of carbonyl (C=O) groups is 1. The zero-order chi connectivity index (χ0) is 9.90. The SMILES string of the molecule is NC(=O)CS(=O)(=O)C1CCCOC1. The summed E-state index contributed by atoms with van der Waals surface area (Å²) in [6.07, 6.45) is 1.29. The molecule has 0 aliphatic carbocycles. The maximum atomic E-state index is 11.4. The third kappa shape index (κ3) is 2.96. The van der Waals surface area contributed by atoms with Crippen LogP contribution in [0.15, 0.2) is 0 Å². The Balaban J connectivity index is 2.62. The number of carbonyl (C=O) groups excluding carboxylic acids is 1. The van der Waals surface area contributed by atoms with Crippen LogP contribution in [0.2, 0.25) is 0 Å². The highest BCUT2D eigenvalue weighted by atomic mass is 32.2. The molecule has 0 aromatic heterocycles. The van der Waals surface area contributed by atoms with Crippen molar-refractivity contribution >= 4 is 15.7 Å². The number of primary amides is 1. The van der Waals surface area contributed by atoms with Gasteiger partial charge in [0.25, 0.3) is 0 Å². The Morgan fingerprint density at radius 3 is 2.69 bits per heavy atom. The van der Waals surface area contributed by atoms with Gasteiger partial charge in [0.15, 0.2) is 9.84 Å². The number of hydrogen-bond acceptors (Lipinski definition) is 4. The van der Waals surface area contributed by atoms with Crippen LogP contribution < -0.4 is 5.73 Å². The van der Waals surface area contributed by atoms with Gasteiger partial charge in [-0.25, -0.2) is 8.42 Å². The lowest BCUT2D eigenvalue weighted by molar-refractivity contribution is -0.115. The quantitative estimate of drug-likeness (QED) is 0.647. The van der Waals surface area contributed by atoms with Gasteiger partial charge in [0.2, 0.25) is 5.91 Å². The van der Waals surface area contributed by atoms with Crippen molar-refractivity contribution in [3.8, 4) is 0 Å². The molecule has 1 atom stereocenters. The van der Waals surface area contributed by atoms with E-state index in [1.807, 2.05) is 0 Å². The summed E-state index contributed by atoms with van der Waals surface area (Å²) in [7, 11) is -3.38. The van der Waals surface area contributed by atoms with Gasteiger partial charge in [-0.1, -0.05) is 0 Å². The summed E-state index contributed by atoms with van der Waals surface area (Å²) in [5, 5.41) is -0.547. The molecule has 1 saturated heterocycles. The van der Waals surface area contributed by atoms with Gasteiger partial charge in [0.1, 0.15) is 5.75 Å². The molecule has 0 radical (unpaired) electrons. The molecule has 1 fully saturated rings. The topological polar surface area (TPSA) is 86.5 Å². The first-order chi connectivity index (χ1) is 6.02. The fourth-order valence-corrected chi connectivity index (χ4v) is 2.77. The van der Waals surface area contributed by atoms with Gasteiger partial charge in [-0.2, -0.15) is 0 Å². The minimum atomic E-state index is -3.38. The van der Waals surface area contributed by atoms with Crippen LogP contribution in [0.1, 0.15) is 12.8 Å². The standard InChI is InChI=1S/C7H13NO4S/c8-7(9)5-13(10,11)6-2-1-3-12-4-6/h6H,1-5H2,(H2,8,9). The summed E-state index contributed by atoms with van der Waals surface area (Å²) in [6.45, 7) is 0.790. The molecule has 1 heterocycles. The molecule has 6 heteroatoms. The second kappa shape index (κ2) is 4.06. The van der Waals surface area contributed by atoms with E-state index in [0.717, 1.165) is 6.42 Å². The predicted molar refractivity (Wildman–Crippen MR) is 46.8 cm³/mol. The highest BCUT2D eigenvalue weighted by Gasteiger charge is 2.29. The van der Waals surface area contributed by atoms with Crippen LogP contribution >= 0.6 is 0 Å². The van der Waals surface area contributed by atoms with Crippen LogP contribution in [0.3, 0.4) is 0 Å². The van der Waals surface area contributed by atoms with Gasteiger partial charge in [-0.15, -0.1) is 0 Å². The molecule has 0 aromatic carbocycles. The van der Waals surface area contributed by atoms with Crippen LogP contribution in [0.25, 0.3) is 0 Å². The fraction of sp³-hybridized carbons (Fsp3) is 0.857. The Morgan fingerprint density at radius 2 is 2.23 bits per heavy atom. The lowest BCUT2D eigenvalue weighted by Crippen LogP contribution is -2.36. The van der Waals surface area contributed by atoms with E-state index >= 15 is 0 Å². The van der Waals surface area contributed by atoms with E-state index < -0.39 is 26.7 Å². The third-order valence-electron chi connectivity index (χ3n) is 1.97. The minimum absolute atomic E-state index is 0.190. The van der Waals surface area contributed by atoms with E-state index in [-0.39, 0.29) is 6.61 Å². The first-order valence-corrected chi connectivity index (χ1v) is 5.81. The van der Waals surface area contributed by atoms with Gasteiger partial charge >= 0.3 is 0 Å². The van der Waals surface area contributed by atoms with Crippen molar-refractivity contribution in [3.63, 3.8) is 0 Å². The molecule has 13 heavy (non-hydrogen) atoms. The monoisotopic (exact) mass is 207 g/mol. The summed E-state index contributed by atoms with van der Waals surface area (Å²) in [5.41, 5.74) is 4.83. The zero-order valence-corrected chi connectivity index (χ0v) is 8.05. The van der Waals surface area contributed by atoms with Gasteiger partial charge < -0.3 is 10.5 Å². The first-order valence-electron chi connectivity index (χ1n) is 4.10. The molecular formula is C7H13NO4S. The summed E-state index contributed by atoms with van der Waals surface area (Å²) >= 11 is 0. The van der Waals surface area contributed by atoms with E-state index in [4.69, 9.17) is 10.5 Å².